The lowest BCUT2D eigenvalue weighted by molar-refractivity contribution is -0.143. The summed E-state index contributed by atoms with van der Waals surface area (Å²) in [5, 5.41) is 9.59. The summed E-state index contributed by atoms with van der Waals surface area (Å²) in [5.74, 6) is -0.583. The molecule has 0 fully saturated rings. The van der Waals surface area contributed by atoms with E-state index < -0.39 is 6.04 Å². The lowest BCUT2D eigenvalue weighted by atomic mass is 10.0. The zero-order chi connectivity index (χ0) is 13.0. The van der Waals surface area contributed by atoms with Gasteiger partial charge >= 0.3 is 5.97 Å². The van der Waals surface area contributed by atoms with E-state index in [1.165, 1.54) is 12.1 Å². The number of nitrogens with two attached hydrogens (primary N) is 1. The van der Waals surface area contributed by atoms with Gasteiger partial charge < -0.3 is 15.6 Å². The molecule has 0 bridgehead atoms. The molecule has 1 unspecified atom stereocenters. The van der Waals surface area contributed by atoms with E-state index in [2.05, 4.69) is 0 Å². The molecule has 0 spiro atoms. The molecule has 1 rings (SSSR count). The highest BCUT2D eigenvalue weighted by Gasteiger charge is 2.15. The summed E-state index contributed by atoms with van der Waals surface area (Å²) in [7, 11) is 0. The first-order valence-corrected chi connectivity index (χ1v) is 5.80. The standard InChI is InChI=1S/C11H13Cl2NO3/c1-2-17-10(15)5-9(14)6-3-7(12)11(16)8(13)4-6/h3-4,9,16H,2,5,14H2,1H3. The predicted molar refractivity (Wildman–Crippen MR) is 66.3 cm³/mol. The number of halogens is 2. The van der Waals surface area contributed by atoms with E-state index in [4.69, 9.17) is 33.7 Å². The van der Waals surface area contributed by atoms with E-state index in [0.29, 0.717) is 12.2 Å². The average molecular weight is 278 g/mol. The van der Waals surface area contributed by atoms with Crippen LogP contribution in [0, 0.1) is 0 Å². The highest BCUT2D eigenvalue weighted by Crippen LogP contribution is 2.34. The summed E-state index contributed by atoms with van der Waals surface area (Å²) < 4.78 is 4.78. The Morgan fingerprint density at radius 2 is 2.00 bits per heavy atom. The van der Waals surface area contributed by atoms with Crippen molar-refractivity contribution in [3.05, 3.63) is 27.7 Å². The molecule has 6 heteroatoms. The number of carbonyl (C=O) groups excluding carboxylic acids is 1. The quantitative estimate of drug-likeness (QED) is 0.830. The highest BCUT2D eigenvalue weighted by molar-refractivity contribution is 6.37. The molecule has 3 N–H and O–H groups in total. The van der Waals surface area contributed by atoms with Gasteiger partial charge in [0.1, 0.15) is 0 Å². The van der Waals surface area contributed by atoms with Crippen molar-refractivity contribution < 1.29 is 14.6 Å². The van der Waals surface area contributed by atoms with Crippen LogP contribution in [0.1, 0.15) is 24.9 Å². The van der Waals surface area contributed by atoms with Crippen LogP contribution in [-0.4, -0.2) is 17.7 Å². The van der Waals surface area contributed by atoms with Crippen molar-refractivity contribution in [2.45, 2.75) is 19.4 Å². The third-order valence-corrected chi connectivity index (χ3v) is 2.74. The molecular weight excluding hydrogens is 265 g/mol. The topological polar surface area (TPSA) is 72.5 Å². The third-order valence-electron chi connectivity index (χ3n) is 2.16. The smallest absolute Gasteiger partial charge is 0.307 e. The SMILES string of the molecule is CCOC(=O)CC(N)c1cc(Cl)c(O)c(Cl)c1. The van der Waals surface area contributed by atoms with Crippen LogP contribution in [0.3, 0.4) is 0 Å². The van der Waals surface area contributed by atoms with E-state index in [9.17, 15) is 9.90 Å². The third kappa shape index (κ3) is 3.77. The van der Waals surface area contributed by atoms with Gasteiger partial charge in [-0.25, -0.2) is 0 Å². The molecule has 0 amide bonds. The normalized spacial score (nSPS) is 12.2. The Hall–Kier alpha value is -0.970. The van der Waals surface area contributed by atoms with Crippen LogP contribution in [-0.2, 0) is 9.53 Å². The maximum atomic E-state index is 11.2. The van der Waals surface area contributed by atoms with Gasteiger partial charge in [0.2, 0.25) is 0 Å². The fourth-order valence-corrected chi connectivity index (χ4v) is 1.82. The summed E-state index contributed by atoms with van der Waals surface area (Å²) >= 11 is 11.5. The number of benzene rings is 1. The molecule has 0 aromatic heterocycles. The van der Waals surface area contributed by atoms with Crippen molar-refractivity contribution in [1.82, 2.24) is 0 Å². The molecule has 0 saturated carbocycles. The Morgan fingerprint density at radius 1 is 1.47 bits per heavy atom. The number of esters is 1. The van der Waals surface area contributed by atoms with Crippen molar-refractivity contribution >= 4 is 29.2 Å². The van der Waals surface area contributed by atoms with Gasteiger partial charge in [0.05, 0.1) is 23.1 Å². The molecular formula is C11H13Cl2NO3. The molecule has 1 atom stereocenters. The van der Waals surface area contributed by atoms with E-state index in [-0.39, 0.29) is 28.2 Å². The molecule has 0 saturated heterocycles. The summed E-state index contributed by atoms with van der Waals surface area (Å²) in [4.78, 5) is 11.2. The minimum atomic E-state index is -0.565. The van der Waals surface area contributed by atoms with Crippen molar-refractivity contribution in [2.24, 2.45) is 5.73 Å². The molecule has 1 aromatic rings. The molecule has 0 aliphatic heterocycles. The number of hydrogen-bond donors (Lipinski definition) is 2. The number of aromatic hydroxyl groups is 1. The first-order valence-electron chi connectivity index (χ1n) is 5.04. The molecule has 4 nitrogen and oxygen atoms in total. The molecule has 94 valence electrons. The Kier molecular flexibility index (Phi) is 5.05. The van der Waals surface area contributed by atoms with Gasteiger partial charge in [-0.05, 0) is 24.6 Å². The van der Waals surface area contributed by atoms with Gasteiger partial charge in [-0.2, -0.15) is 0 Å². The van der Waals surface area contributed by atoms with Crippen molar-refractivity contribution in [3.63, 3.8) is 0 Å². The first kappa shape index (κ1) is 14.1. The van der Waals surface area contributed by atoms with Crippen LogP contribution < -0.4 is 5.73 Å². The molecule has 0 aliphatic carbocycles. The van der Waals surface area contributed by atoms with E-state index in [1.807, 2.05) is 0 Å². The number of phenols is 1. The number of rotatable bonds is 4. The van der Waals surface area contributed by atoms with Gasteiger partial charge in [-0.15, -0.1) is 0 Å². The van der Waals surface area contributed by atoms with Gasteiger partial charge in [-0.1, -0.05) is 23.2 Å². The second-order valence-electron chi connectivity index (χ2n) is 3.45. The predicted octanol–water partition coefficient (Wildman–Crippen LogP) is 2.65. The largest absolute Gasteiger partial charge is 0.505 e. The minimum absolute atomic E-state index is 0.0330. The van der Waals surface area contributed by atoms with Crippen LogP contribution in [0.5, 0.6) is 5.75 Å². The van der Waals surface area contributed by atoms with E-state index in [1.54, 1.807) is 6.92 Å². The van der Waals surface area contributed by atoms with Gasteiger partial charge in [-0.3, -0.25) is 4.79 Å². The zero-order valence-corrected chi connectivity index (χ0v) is 10.8. The second kappa shape index (κ2) is 6.10. The van der Waals surface area contributed by atoms with Crippen LogP contribution >= 0.6 is 23.2 Å². The Bertz CT molecular complexity index is 400. The fourth-order valence-electron chi connectivity index (χ4n) is 1.32. The van der Waals surface area contributed by atoms with Crippen LogP contribution in [0.25, 0.3) is 0 Å². The monoisotopic (exact) mass is 277 g/mol. The van der Waals surface area contributed by atoms with Crippen molar-refractivity contribution in [1.29, 1.82) is 0 Å². The number of ether oxygens (including phenoxy) is 1. The maximum Gasteiger partial charge on any atom is 0.307 e. The maximum absolute atomic E-state index is 11.2. The molecule has 0 aliphatic rings. The van der Waals surface area contributed by atoms with Crippen LogP contribution in [0.4, 0.5) is 0 Å². The van der Waals surface area contributed by atoms with E-state index in [0.717, 1.165) is 0 Å². The molecule has 0 radical (unpaired) electrons. The number of hydrogen-bond acceptors (Lipinski definition) is 4. The van der Waals surface area contributed by atoms with Gasteiger partial charge in [0, 0.05) is 6.04 Å². The van der Waals surface area contributed by atoms with E-state index >= 15 is 0 Å². The van der Waals surface area contributed by atoms with Gasteiger partial charge in [0.15, 0.2) is 5.75 Å². The van der Waals surface area contributed by atoms with Crippen LogP contribution in [0.15, 0.2) is 12.1 Å². The Balaban J connectivity index is 2.82. The molecule has 17 heavy (non-hydrogen) atoms. The summed E-state index contributed by atoms with van der Waals surface area (Å²) in [6.07, 6.45) is 0.0330. The lowest BCUT2D eigenvalue weighted by Gasteiger charge is -2.12. The summed E-state index contributed by atoms with van der Waals surface area (Å²) in [6, 6.07) is 2.39. The summed E-state index contributed by atoms with van der Waals surface area (Å²) in [5.41, 5.74) is 6.39. The minimum Gasteiger partial charge on any atom is -0.505 e. The van der Waals surface area contributed by atoms with Crippen molar-refractivity contribution in [2.75, 3.05) is 6.61 Å². The Labute approximate surface area is 109 Å². The summed E-state index contributed by atoms with van der Waals surface area (Å²) in [6.45, 7) is 2.03. The first-order chi connectivity index (χ1) is 7.95. The Morgan fingerprint density at radius 3 is 2.47 bits per heavy atom. The highest BCUT2D eigenvalue weighted by atomic mass is 35.5. The second-order valence-corrected chi connectivity index (χ2v) is 4.26. The number of carbonyl (C=O) groups is 1. The number of phenolic OH excluding ortho intramolecular Hbond substituents is 1. The fraction of sp³-hybridized carbons (Fsp3) is 0.364. The zero-order valence-electron chi connectivity index (χ0n) is 9.24. The molecule has 1 aromatic carbocycles. The van der Waals surface area contributed by atoms with Crippen molar-refractivity contribution in [3.8, 4) is 5.75 Å². The lowest BCUT2D eigenvalue weighted by Crippen LogP contribution is -2.17. The van der Waals surface area contributed by atoms with Gasteiger partial charge in [0.25, 0.3) is 0 Å². The van der Waals surface area contributed by atoms with Crippen LogP contribution in [0.2, 0.25) is 10.0 Å². The average Bonchev–Trinajstić information content (AvgIpc) is 2.25. The molecule has 0 heterocycles.